The SMILES string of the molecule is CCN(c1ccccc1)S(=O)(=O)c1ccc(C(=O)Nc2nc(C(C)C)cs2)cc1. The fraction of sp³-hybridized carbons (Fsp3) is 0.238. The summed E-state index contributed by atoms with van der Waals surface area (Å²) in [4.78, 5) is 17.0. The number of benzene rings is 2. The Morgan fingerprint density at radius 1 is 1.10 bits per heavy atom. The number of para-hydroxylation sites is 1. The maximum atomic E-state index is 13.0. The minimum Gasteiger partial charge on any atom is -0.298 e. The van der Waals surface area contributed by atoms with Crippen molar-refractivity contribution in [2.75, 3.05) is 16.2 Å². The van der Waals surface area contributed by atoms with Crippen molar-refractivity contribution in [3.05, 3.63) is 71.2 Å². The van der Waals surface area contributed by atoms with Gasteiger partial charge in [-0.15, -0.1) is 11.3 Å². The second kappa shape index (κ2) is 8.75. The van der Waals surface area contributed by atoms with E-state index in [-0.39, 0.29) is 16.7 Å². The summed E-state index contributed by atoms with van der Waals surface area (Å²) in [7, 11) is -3.72. The second-order valence-electron chi connectivity index (χ2n) is 6.72. The summed E-state index contributed by atoms with van der Waals surface area (Å²) in [5, 5.41) is 5.20. The number of nitrogens with zero attached hydrogens (tertiary/aromatic N) is 2. The van der Waals surface area contributed by atoms with Crippen LogP contribution in [0.1, 0.15) is 42.7 Å². The Morgan fingerprint density at radius 3 is 2.31 bits per heavy atom. The van der Waals surface area contributed by atoms with Crippen LogP contribution in [0.3, 0.4) is 0 Å². The molecule has 1 aromatic heterocycles. The van der Waals surface area contributed by atoms with E-state index < -0.39 is 10.0 Å². The molecule has 0 unspecified atom stereocenters. The van der Waals surface area contributed by atoms with Crippen LogP contribution in [0.5, 0.6) is 0 Å². The first kappa shape index (κ1) is 21.0. The van der Waals surface area contributed by atoms with Gasteiger partial charge in [-0.1, -0.05) is 32.0 Å². The molecular formula is C21H23N3O3S2. The highest BCUT2D eigenvalue weighted by atomic mass is 32.2. The van der Waals surface area contributed by atoms with E-state index in [1.807, 2.05) is 25.3 Å². The monoisotopic (exact) mass is 429 g/mol. The van der Waals surface area contributed by atoms with Gasteiger partial charge < -0.3 is 0 Å². The predicted octanol–water partition coefficient (Wildman–Crippen LogP) is 4.73. The maximum absolute atomic E-state index is 13.0. The summed E-state index contributed by atoms with van der Waals surface area (Å²) >= 11 is 1.37. The number of carbonyl (C=O) groups is 1. The Bertz CT molecular complexity index is 1080. The van der Waals surface area contributed by atoms with Gasteiger partial charge in [0.1, 0.15) is 0 Å². The number of carbonyl (C=O) groups excluding carboxylic acids is 1. The van der Waals surface area contributed by atoms with Gasteiger partial charge in [0.05, 0.1) is 16.3 Å². The number of aromatic nitrogens is 1. The third-order valence-electron chi connectivity index (χ3n) is 4.37. The molecular weight excluding hydrogens is 406 g/mol. The van der Waals surface area contributed by atoms with Gasteiger partial charge >= 0.3 is 0 Å². The van der Waals surface area contributed by atoms with Crippen molar-refractivity contribution >= 4 is 38.1 Å². The van der Waals surface area contributed by atoms with Crippen LogP contribution in [0.25, 0.3) is 0 Å². The van der Waals surface area contributed by atoms with Gasteiger partial charge in [-0.2, -0.15) is 0 Å². The Balaban J connectivity index is 1.78. The van der Waals surface area contributed by atoms with E-state index in [1.165, 1.54) is 39.9 Å². The quantitative estimate of drug-likeness (QED) is 0.589. The first-order valence-electron chi connectivity index (χ1n) is 9.27. The van der Waals surface area contributed by atoms with Crippen molar-refractivity contribution < 1.29 is 13.2 Å². The molecule has 2 aromatic carbocycles. The topological polar surface area (TPSA) is 79.4 Å². The molecule has 0 aliphatic rings. The molecule has 0 bridgehead atoms. The average Bonchev–Trinajstić information content (AvgIpc) is 3.18. The zero-order chi connectivity index (χ0) is 21.0. The molecule has 6 nitrogen and oxygen atoms in total. The first-order chi connectivity index (χ1) is 13.8. The molecule has 0 radical (unpaired) electrons. The van der Waals surface area contributed by atoms with Crippen LogP contribution in [0.2, 0.25) is 0 Å². The number of hydrogen-bond donors (Lipinski definition) is 1. The average molecular weight is 430 g/mol. The van der Waals surface area contributed by atoms with Gasteiger partial charge in [-0.3, -0.25) is 14.4 Å². The lowest BCUT2D eigenvalue weighted by Gasteiger charge is -2.22. The molecule has 152 valence electrons. The first-order valence-corrected chi connectivity index (χ1v) is 11.6. The highest BCUT2D eigenvalue weighted by Gasteiger charge is 2.23. The van der Waals surface area contributed by atoms with E-state index in [2.05, 4.69) is 10.3 Å². The summed E-state index contributed by atoms with van der Waals surface area (Å²) in [5.74, 6) is -0.0403. The van der Waals surface area contributed by atoms with Crippen LogP contribution in [-0.2, 0) is 10.0 Å². The lowest BCUT2D eigenvalue weighted by molar-refractivity contribution is 0.102. The molecule has 0 atom stereocenters. The number of thiazole rings is 1. The largest absolute Gasteiger partial charge is 0.298 e. The van der Waals surface area contributed by atoms with Crippen LogP contribution in [-0.4, -0.2) is 25.9 Å². The number of amides is 1. The van der Waals surface area contributed by atoms with E-state index in [0.29, 0.717) is 22.9 Å². The van der Waals surface area contributed by atoms with Gasteiger partial charge in [0.2, 0.25) is 0 Å². The Morgan fingerprint density at radius 2 is 1.76 bits per heavy atom. The standard InChI is InChI=1S/C21H23N3O3S2/c1-4-24(17-8-6-5-7-9-17)29(26,27)18-12-10-16(11-13-18)20(25)23-21-22-19(14-28-21)15(2)3/h5-15H,4H2,1-3H3,(H,22,23,25). The zero-order valence-electron chi connectivity index (χ0n) is 16.5. The zero-order valence-corrected chi connectivity index (χ0v) is 18.1. The lowest BCUT2D eigenvalue weighted by atomic mass is 10.2. The third kappa shape index (κ3) is 4.65. The van der Waals surface area contributed by atoms with Crippen LogP contribution in [0.15, 0.2) is 64.9 Å². The lowest BCUT2D eigenvalue weighted by Crippen LogP contribution is -2.30. The van der Waals surface area contributed by atoms with Crippen molar-refractivity contribution in [2.24, 2.45) is 0 Å². The third-order valence-corrected chi connectivity index (χ3v) is 7.06. The highest BCUT2D eigenvalue weighted by molar-refractivity contribution is 7.92. The molecule has 8 heteroatoms. The van der Waals surface area contributed by atoms with Gasteiger partial charge in [-0.05, 0) is 49.2 Å². The molecule has 1 amide bonds. The molecule has 0 saturated carbocycles. The molecule has 0 fully saturated rings. The van der Waals surface area contributed by atoms with E-state index in [0.717, 1.165) is 5.69 Å². The molecule has 0 aliphatic carbocycles. The summed E-state index contributed by atoms with van der Waals surface area (Å²) in [6.45, 7) is 6.16. The van der Waals surface area contributed by atoms with Crippen molar-refractivity contribution in [3.8, 4) is 0 Å². The van der Waals surface area contributed by atoms with Gasteiger partial charge in [0.15, 0.2) is 5.13 Å². The van der Waals surface area contributed by atoms with Crippen molar-refractivity contribution in [2.45, 2.75) is 31.6 Å². The molecule has 0 aliphatic heterocycles. The van der Waals surface area contributed by atoms with Gasteiger partial charge in [0, 0.05) is 17.5 Å². The number of hydrogen-bond acceptors (Lipinski definition) is 5. The van der Waals surface area contributed by atoms with Crippen LogP contribution in [0.4, 0.5) is 10.8 Å². The summed E-state index contributed by atoms with van der Waals surface area (Å²) in [5.41, 5.74) is 1.89. The fourth-order valence-electron chi connectivity index (χ4n) is 2.77. The number of nitrogens with one attached hydrogen (secondary N) is 1. The van der Waals surface area contributed by atoms with Crippen LogP contribution < -0.4 is 9.62 Å². The van der Waals surface area contributed by atoms with Gasteiger partial charge in [0.25, 0.3) is 15.9 Å². The van der Waals surface area contributed by atoms with E-state index >= 15 is 0 Å². The Hall–Kier alpha value is -2.71. The molecule has 0 saturated heterocycles. The normalized spacial score (nSPS) is 11.4. The second-order valence-corrected chi connectivity index (χ2v) is 9.44. The van der Waals surface area contributed by atoms with E-state index in [1.54, 1.807) is 31.2 Å². The molecule has 0 spiro atoms. The van der Waals surface area contributed by atoms with Crippen molar-refractivity contribution in [3.63, 3.8) is 0 Å². The van der Waals surface area contributed by atoms with Gasteiger partial charge in [-0.25, -0.2) is 13.4 Å². The van der Waals surface area contributed by atoms with Crippen molar-refractivity contribution in [1.29, 1.82) is 0 Å². The summed E-state index contributed by atoms with van der Waals surface area (Å²) in [6, 6.07) is 14.9. The summed E-state index contributed by atoms with van der Waals surface area (Å²) < 4.78 is 27.4. The minimum atomic E-state index is -3.72. The predicted molar refractivity (Wildman–Crippen MR) is 117 cm³/mol. The molecule has 3 rings (SSSR count). The Labute approximate surface area is 175 Å². The van der Waals surface area contributed by atoms with E-state index in [4.69, 9.17) is 0 Å². The van der Waals surface area contributed by atoms with Crippen LogP contribution in [0, 0.1) is 0 Å². The summed E-state index contributed by atoms with van der Waals surface area (Å²) in [6.07, 6.45) is 0. The highest BCUT2D eigenvalue weighted by Crippen LogP contribution is 2.24. The number of sulfonamides is 1. The van der Waals surface area contributed by atoms with Crippen LogP contribution >= 0.6 is 11.3 Å². The fourth-order valence-corrected chi connectivity index (χ4v) is 5.11. The van der Waals surface area contributed by atoms with E-state index in [9.17, 15) is 13.2 Å². The number of rotatable bonds is 7. The maximum Gasteiger partial charge on any atom is 0.264 e. The van der Waals surface area contributed by atoms with Crippen molar-refractivity contribution in [1.82, 2.24) is 4.98 Å². The molecule has 29 heavy (non-hydrogen) atoms. The smallest absolute Gasteiger partial charge is 0.264 e. The molecule has 1 N–H and O–H groups in total. The Kier molecular flexibility index (Phi) is 6.34. The minimum absolute atomic E-state index is 0.135. The molecule has 1 heterocycles. The molecule has 3 aromatic rings. The number of anilines is 2.